The van der Waals surface area contributed by atoms with Gasteiger partial charge in [-0.1, -0.05) is 6.58 Å². The molecule has 0 aromatic rings. The highest BCUT2D eigenvalue weighted by atomic mass is 16.4. The highest BCUT2D eigenvalue weighted by Crippen LogP contribution is 2.37. The van der Waals surface area contributed by atoms with Crippen LogP contribution in [0.5, 0.6) is 0 Å². The third-order valence-corrected chi connectivity index (χ3v) is 2.77. The van der Waals surface area contributed by atoms with Gasteiger partial charge in [0, 0.05) is 18.8 Å². The van der Waals surface area contributed by atoms with Crippen LogP contribution < -0.4 is 0 Å². The van der Waals surface area contributed by atoms with Gasteiger partial charge in [-0.15, -0.1) is 0 Å². The van der Waals surface area contributed by atoms with E-state index in [1.807, 2.05) is 0 Å². The van der Waals surface area contributed by atoms with E-state index in [-0.39, 0.29) is 38.9 Å². The number of aliphatic carboxylic acids is 2. The van der Waals surface area contributed by atoms with Crippen LogP contribution in [0.15, 0.2) is 12.2 Å². The van der Waals surface area contributed by atoms with Crippen molar-refractivity contribution in [3.63, 3.8) is 0 Å². The maximum Gasteiger partial charge on any atom is 0.332 e. The molecular formula is C11H18O6. The van der Waals surface area contributed by atoms with E-state index in [1.54, 1.807) is 0 Å². The third-order valence-electron chi connectivity index (χ3n) is 2.77. The van der Waals surface area contributed by atoms with Gasteiger partial charge in [-0.2, -0.15) is 0 Å². The molecule has 6 heteroatoms. The summed E-state index contributed by atoms with van der Waals surface area (Å²) in [5.41, 5.74) is -2.02. The lowest BCUT2D eigenvalue weighted by Gasteiger charge is -2.29. The Bertz CT molecular complexity index is 288. The lowest BCUT2D eigenvalue weighted by Crippen LogP contribution is -2.36. The fraction of sp³-hybridized carbons (Fsp3) is 0.636. The number of hydrogen-bond donors (Lipinski definition) is 4. The molecule has 0 aliphatic rings. The van der Waals surface area contributed by atoms with Gasteiger partial charge in [-0.3, -0.25) is 4.79 Å². The predicted molar refractivity (Wildman–Crippen MR) is 59.5 cm³/mol. The van der Waals surface area contributed by atoms with Crippen molar-refractivity contribution in [3.05, 3.63) is 12.2 Å². The van der Waals surface area contributed by atoms with Gasteiger partial charge in [0.1, 0.15) is 0 Å². The molecule has 0 radical (unpaired) electrons. The molecule has 0 atom stereocenters. The van der Waals surface area contributed by atoms with Crippen molar-refractivity contribution >= 4 is 11.9 Å². The molecule has 0 heterocycles. The van der Waals surface area contributed by atoms with E-state index in [4.69, 9.17) is 15.3 Å². The van der Waals surface area contributed by atoms with Crippen molar-refractivity contribution < 1.29 is 30.0 Å². The largest absolute Gasteiger partial charge is 0.481 e. The molecule has 0 unspecified atom stereocenters. The van der Waals surface area contributed by atoms with E-state index in [1.165, 1.54) is 0 Å². The number of carboxylic acids is 2. The normalized spacial score (nSPS) is 11.2. The summed E-state index contributed by atoms with van der Waals surface area (Å²) in [4.78, 5) is 22.2. The van der Waals surface area contributed by atoms with Crippen LogP contribution in [-0.4, -0.2) is 45.6 Å². The Balaban J connectivity index is 5.15. The van der Waals surface area contributed by atoms with Gasteiger partial charge in [0.25, 0.3) is 0 Å². The Hall–Kier alpha value is -1.40. The molecule has 0 bridgehead atoms. The van der Waals surface area contributed by atoms with Crippen molar-refractivity contribution in [1.29, 1.82) is 0 Å². The lowest BCUT2D eigenvalue weighted by molar-refractivity contribution is -0.151. The van der Waals surface area contributed by atoms with E-state index < -0.39 is 22.9 Å². The van der Waals surface area contributed by atoms with E-state index in [2.05, 4.69) is 6.58 Å². The molecule has 0 saturated heterocycles. The van der Waals surface area contributed by atoms with Crippen molar-refractivity contribution in [1.82, 2.24) is 0 Å². The SMILES string of the molecule is C=C(C(=O)O)C(CCCO)(CCCO)C(=O)O. The topological polar surface area (TPSA) is 115 Å². The molecule has 0 fully saturated rings. The minimum atomic E-state index is -1.61. The monoisotopic (exact) mass is 246 g/mol. The summed E-state index contributed by atoms with van der Waals surface area (Å²) in [7, 11) is 0. The molecule has 4 N–H and O–H groups in total. The zero-order valence-electron chi connectivity index (χ0n) is 9.56. The van der Waals surface area contributed by atoms with Gasteiger partial charge >= 0.3 is 11.9 Å². The van der Waals surface area contributed by atoms with Crippen molar-refractivity contribution in [2.24, 2.45) is 5.41 Å². The summed E-state index contributed by atoms with van der Waals surface area (Å²) >= 11 is 0. The maximum atomic E-state index is 11.3. The molecule has 0 amide bonds. The first kappa shape index (κ1) is 15.6. The van der Waals surface area contributed by atoms with Gasteiger partial charge in [0.15, 0.2) is 0 Å². The zero-order chi connectivity index (χ0) is 13.5. The van der Waals surface area contributed by atoms with Crippen LogP contribution in [0, 0.1) is 5.41 Å². The fourth-order valence-corrected chi connectivity index (χ4v) is 1.74. The second-order valence-corrected chi connectivity index (χ2v) is 3.83. The van der Waals surface area contributed by atoms with Crippen LogP contribution in [0.25, 0.3) is 0 Å². The summed E-state index contributed by atoms with van der Waals surface area (Å²) in [5.74, 6) is -2.66. The van der Waals surface area contributed by atoms with Crippen molar-refractivity contribution in [3.8, 4) is 0 Å². The molecule has 6 nitrogen and oxygen atoms in total. The second-order valence-electron chi connectivity index (χ2n) is 3.83. The molecule has 0 aromatic heterocycles. The minimum absolute atomic E-state index is 0.00995. The average molecular weight is 246 g/mol. The number of rotatable bonds is 9. The summed E-state index contributed by atoms with van der Waals surface area (Å²) in [6.45, 7) is 2.87. The lowest BCUT2D eigenvalue weighted by atomic mass is 9.73. The highest BCUT2D eigenvalue weighted by Gasteiger charge is 2.43. The minimum Gasteiger partial charge on any atom is -0.481 e. The molecule has 0 aliphatic heterocycles. The van der Waals surface area contributed by atoms with Crippen LogP contribution in [0.4, 0.5) is 0 Å². The van der Waals surface area contributed by atoms with Crippen LogP contribution in [0.1, 0.15) is 25.7 Å². The van der Waals surface area contributed by atoms with Crippen LogP contribution in [0.2, 0.25) is 0 Å². The number of hydrogen-bond acceptors (Lipinski definition) is 4. The van der Waals surface area contributed by atoms with Gasteiger partial charge in [-0.25, -0.2) is 4.79 Å². The Morgan fingerprint density at radius 3 is 1.65 bits per heavy atom. The van der Waals surface area contributed by atoms with Gasteiger partial charge in [0.05, 0.1) is 5.41 Å². The Morgan fingerprint density at radius 1 is 1.00 bits per heavy atom. The summed E-state index contributed by atoms with van der Waals surface area (Å²) < 4.78 is 0. The molecular weight excluding hydrogens is 228 g/mol. The number of aliphatic hydroxyl groups is 2. The number of aliphatic hydroxyl groups excluding tert-OH is 2. The fourth-order valence-electron chi connectivity index (χ4n) is 1.74. The first-order valence-electron chi connectivity index (χ1n) is 5.30. The Labute approximate surface area is 99.2 Å². The molecule has 98 valence electrons. The van der Waals surface area contributed by atoms with E-state index >= 15 is 0 Å². The second kappa shape index (κ2) is 7.03. The predicted octanol–water partition coefficient (Wildman–Crippen LogP) is 0.243. The summed E-state index contributed by atoms with van der Waals surface area (Å²) in [6.07, 6.45) is 0.321. The molecule has 0 aliphatic carbocycles. The third kappa shape index (κ3) is 3.83. The first-order chi connectivity index (χ1) is 7.92. The van der Waals surface area contributed by atoms with E-state index in [0.717, 1.165) is 0 Å². The van der Waals surface area contributed by atoms with Crippen LogP contribution >= 0.6 is 0 Å². The first-order valence-corrected chi connectivity index (χ1v) is 5.30. The molecule has 0 aromatic carbocycles. The Kier molecular flexibility index (Phi) is 6.45. The van der Waals surface area contributed by atoms with Gasteiger partial charge in [-0.05, 0) is 25.7 Å². The van der Waals surface area contributed by atoms with E-state index in [0.29, 0.717) is 0 Å². The Morgan fingerprint density at radius 2 is 1.41 bits per heavy atom. The molecule has 0 saturated carbocycles. The number of carboxylic acid groups (broad SMARTS) is 2. The quantitative estimate of drug-likeness (QED) is 0.433. The van der Waals surface area contributed by atoms with Crippen molar-refractivity contribution in [2.45, 2.75) is 25.7 Å². The smallest absolute Gasteiger partial charge is 0.332 e. The molecule has 0 rings (SSSR count). The summed E-state index contributed by atoms with van der Waals surface area (Å²) in [5, 5.41) is 35.6. The zero-order valence-corrected chi connectivity index (χ0v) is 9.56. The van der Waals surface area contributed by atoms with Crippen LogP contribution in [-0.2, 0) is 9.59 Å². The maximum absolute atomic E-state index is 11.3. The van der Waals surface area contributed by atoms with Gasteiger partial charge < -0.3 is 20.4 Å². The molecule has 17 heavy (non-hydrogen) atoms. The number of carbonyl (C=O) groups is 2. The summed E-state index contributed by atoms with van der Waals surface area (Å²) in [6, 6.07) is 0. The average Bonchev–Trinajstić information content (AvgIpc) is 2.28. The standard InChI is InChI=1S/C11H18O6/c1-8(9(14)15)11(10(16)17,4-2-6-12)5-3-7-13/h12-13H,1-7H2,(H,14,15)(H,16,17). The van der Waals surface area contributed by atoms with Crippen molar-refractivity contribution in [2.75, 3.05) is 13.2 Å². The highest BCUT2D eigenvalue weighted by molar-refractivity contribution is 5.95. The van der Waals surface area contributed by atoms with E-state index in [9.17, 15) is 14.7 Å². The van der Waals surface area contributed by atoms with Crippen LogP contribution in [0.3, 0.4) is 0 Å². The molecule has 0 spiro atoms. The van der Waals surface area contributed by atoms with Gasteiger partial charge in [0.2, 0.25) is 0 Å².